The van der Waals surface area contributed by atoms with E-state index in [1.165, 1.54) is 10.9 Å². The fourth-order valence-electron chi connectivity index (χ4n) is 4.74. The van der Waals surface area contributed by atoms with Crippen molar-refractivity contribution in [3.05, 3.63) is 34.5 Å². The maximum absolute atomic E-state index is 13.4. The van der Waals surface area contributed by atoms with Gasteiger partial charge < -0.3 is 14.8 Å². The predicted molar refractivity (Wildman–Crippen MR) is 102 cm³/mol. The fourth-order valence-corrected chi connectivity index (χ4v) is 4.74. The molecule has 0 aliphatic carbocycles. The molecule has 1 N–H and O–H groups in total. The number of carbonyl (C=O) groups is 2. The molecule has 5 nitrogen and oxygen atoms in total. The lowest BCUT2D eigenvalue weighted by molar-refractivity contribution is -0.129. The van der Waals surface area contributed by atoms with Gasteiger partial charge in [-0.1, -0.05) is 12.1 Å². The van der Waals surface area contributed by atoms with E-state index in [0.29, 0.717) is 18.2 Å². The molecule has 5 rings (SSSR count). The molecule has 4 heterocycles. The summed E-state index contributed by atoms with van der Waals surface area (Å²) >= 11 is 0. The molecule has 0 spiro atoms. The molecule has 1 aromatic carbocycles. The van der Waals surface area contributed by atoms with E-state index in [4.69, 9.17) is 0 Å². The third-order valence-electron chi connectivity index (χ3n) is 6.26. The summed E-state index contributed by atoms with van der Waals surface area (Å²) in [7, 11) is 0. The minimum Gasteiger partial charge on any atom is -0.350 e. The van der Waals surface area contributed by atoms with Gasteiger partial charge in [-0.05, 0) is 56.2 Å². The number of aryl methyl sites for hydroxylation is 3. The molecule has 138 valence electrons. The molecule has 3 aliphatic heterocycles. The van der Waals surface area contributed by atoms with Gasteiger partial charge in [0.1, 0.15) is 5.69 Å². The van der Waals surface area contributed by atoms with Gasteiger partial charge in [0, 0.05) is 43.5 Å². The molecule has 5 heteroatoms. The first-order chi connectivity index (χ1) is 12.4. The maximum Gasteiger partial charge on any atom is 0.270 e. The topological polar surface area (TPSA) is 56.4 Å². The number of H-pyrrole nitrogens is 1. The zero-order valence-corrected chi connectivity index (χ0v) is 16.1. The first kappa shape index (κ1) is 17.1. The van der Waals surface area contributed by atoms with Crippen molar-refractivity contribution >= 4 is 22.7 Å². The van der Waals surface area contributed by atoms with E-state index in [2.05, 4.69) is 31.0 Å². The Kier molecular flexibility index (Phi) is 4.05. The molecule has 26 heavy (non-hydrogen) atoms. The van der Waals surface area contributed by atoms with E-state index in [1.807, 2.05) is 16.7 Å². The molecule has 2 atom stereocenters. The van der Waals surface area contributed by atoms with Crippen molar-refractivity contribution in [2.75, 3.05) is 19.6 Å². The van der Waals surface area contributed by atoms with E-state index in [-0.39, 0.29) is 17.9 Å². The number of carbonyl (C=O) groups excluding carboxylic acids is 2. The summed E-state index contributed by atoms with van der Waals surface area (Å²) in [6, 6.07) is 4.34. The summed E-state index contributed by atoms with van der Waals surface area (Å²) in [5.41, 5.74) is 5.16. The number of aromatic amines is 1. The molecule has 3 saturated heterocycles. The summed E-state index contributed by atoms with van der Waals surface area (Å²) in [5.74, 6) is 0.580. The van der Waals surface area contributed by atoms with Crippen LogP contribution in [0.2, 0.25) is 0 Å². The van der Waals surface area contributed by atoms with Crippen LogP contribution in [0.4, 0.5) is 0 Å². The maximum atomic E-state index is 13.4. The summed E-state index contributed by atoms with van der Waals surface area (Å²) in [5, 5.41) is 1.17. The Morgan fingerprint density at radius 2 is 1.77 bits per heavy atom. The van der Waals surface area contributed by atoms with Crippen molar-refractivity contribution < 1.29 is 9.59 Å². The molecule has 2 bridgehead atoms. The Labute approximate surface area is 154 Å². The van der Waals surface area contributed by atoms with E-state index >= 15 is 0 Å². The van der Waals surface area contributed by atoms with Gasteiger partial charge in [0.05, 0.1) is 0 Å². The van der Waals surface area contributed by atoms with Crippen LogP contribution in [0, 0.1) is 26.7 Å². The largest absolute Gasteiger partial charge is 0.350 e. The second kappa shape index (κ2) is 6.15. The van der Waals surface area contributed by atoms with Gasteiger partial charge in [-0.3, -0.25) is 9.59 Å². The lowest BCUT2D eigenvalue weighted by Gasteiger charge is -2.36. The minimum atomic E-state index is 0.0811. The Morgan fingerprint density at radius 1 is 1.04 bits per heavy atom. The lowest BCUT2D eigenvalue weighted by atomic mass is 9.94. The number of amides is 2. The summed E-state index contributed by atoms with van der Waals surface area (Å²) in [4.78, 5) is 32.6. The Hall–Kier alpha value is -2.30. The van der Waals surface area contributed by atoms with Gasteiger partial charge >= 0.3 is 0 Å². The highest BCUT2D eigenvalue weighted by Crippen LogP contribution is 2.32. The highest BCUT2D eigenvalue weighted by molar-refractivity contribution is 6.02. The zero-order valence-electron chi connectivity index (χ0n) is 16.1. The lowest BCUT2D eigenvalue weighted by Crippen LogP contribution is -2.47. The van der Waals surface area contributed by atoms with Crippen molar-refractivity contribution in [3.63, 3.8) is 0 Å². The Morgan fingerprint density at radius 3 is 2.46 bits per heavy atom. The number of piperidine rings is 1. The quantitative estimate of drug-likeness (QED) is 0.856. The molecule has 3 aliphatic rings. The predicted octanol–water partition coefficient (Wildman–Crippen LogP) is 3.18. The van der Waals surface area contributed by atoms with Crippen LogP contribution in [-0.2, 0) is 4.79 Å². The first-order valence-electron chi connectivity index (χ1n) is 9.51. The molecule has 2 aromatic rings. The standard InChI is InChI=1S/C21H27N3O2/c1-12-5-6-13(2)19-18(12)14(3)20(22-19)21(26)24-10-16-7-8-17(24)11-23(9-16)15(4)25/h5-6,16-17,22H,7-11H2,1-4H3/t16-,17+/m1/s1. The molecular weight excluding hydrogens is 326 g/mol. The van der Waals surface area contributed by atoms with E-state index in [9.17, 15) is 9.59 Å². The summed E-state index contributed by atoms with van der Waals surface area (Å²) < 4.78 is 0. The second-order valence-electron chi connectivity index (χ2n) is 8.05. The van der Waals surface area contributed by atoms with Crippen molar-refractivity contribution in [1.82, 2.24) is 14.8 Å². The van der Waals surface area contributed by atoms with Crippen LogP contribution in [0.3, 0.4) is 0 Å². The van der Waals surface area contributed by atoms with Crippen LogP contribution >= 0.6 is 0 Å². The molecule has 1 aromatic heterocycles. The van der Waals surface area contributed by atoms with E-state index in [1.54, 1.807) is 6.92 Å². The molecule has 0 unspecified atom stereocenters. The number of fused-ring (bicyclic) bond motifs is 5. The van der Waals surface area contributed by atoms with Crippen LogP contribution in [0.5, 0.6) is 0 Å². The molecular formula is C21H27N3O2. The summed E-state index contributed by atoms with van der Waals surface area (Å²) in [6.45, 7) is 10.0. The number of nitrogens with one attached hydrogen (secondary N) is 1. The number of rotatable bonds is 1. The van der Waals surface area contributed by atoms with Crippen molar-refractivity contribution in [3.8, 4) is 0 Å². The molecule has 3 fully saturated rings. The second-order valence-corrected chi connectivity index (χ2v) is 8.05. The average Bonchev–Trinajstić information content (AvgIpc) is 2.76. The van der Waals surface area contributed by atoms with Crippen LogP contribution in [0.15, 0.2) is 12.1 Å². The van der Waals surface area contributed by atoms with Gasteiger partial charge in [0.15, 0.2) is 0 Å². The van der Waals surface area contributed by atoms with Crippen molar-refractivity contribution in [2.24, 2.45) is 5.92 Å². The SMILES string of the molecule is CC(=O)N1C[C@H]2CC[C@@H](C1)N(C(=O)c1[nH]c3c(C)ccc(C)c3c1C)C2. The van der Waals surface area contributed by atoms with Crippen LogP contribution in [0.25, 0.3) is 10.9 Å². The van der Waals surface area contributed by atoms with Gasteiger partial charge in [0.25, 0.3) is 5.91 Å². The number of hydrogen-bond acceptors (Lipinski definition) is 2. The van der Waals surface area contributed by atoms with E-state index in [0.717, 1.165) is 42.6 Å². The smallest absolute Gasteiger partial charge is 0.270 e. The minimum absolute atomic E-state index is 0.0811. The van der Waals surface area contributed by atoms with Crippen LogP contribution in [-0.4, -0.2) is 52.3 Å². The van der Waals surface area contributed by atoms with Gasteiger partial charge in [-0.2, -0.15) is 0 Å². The summed E-state index contributed by atoms with van der Waals surface area (Å²) in [6.07, 6.45) is 2.08. The fraction of sp³-hybridized carbons (Fsp3) is 0.524. The number of hydrogen-bond donors (Lipinski definition) is 1. The van der Waals surface area contributed by atoms with Crippen LogP contribution < -0.4 is 0 Å². The van der Waals surface area contributed by atoms with Gasteiger partial charge in [0.2, 0.25) is 5.91 Å². The van der Waals surface area contributed by atoms with Gasteiger partial charge in [-0.25, -0.2) is 0 Å². The van der Waals surface area contributed by atoms with Gasteiger partial charge in [-0.15, -0.1) is 0 Å². The normalized spacial score (nSPS) is 22.8. The Bertz CT molecular complexity index is 898. The molecule has 0 saturated carbocycles. The zero-order chi connectivity index (χ0) is 18.6. The average molecular weight is 353 g/mol. The van der Waals surface area contributed by atoms with Crippen molar-refractivity contribution in [2.45, 2.75) is 46.6 Å². The Balaban J connectivity index is 1.71. The first-order valence-corrected chi connectivity index (χ1v) is 9.51. The third kappa shape index (κ3) is 2.61. The monoisotopic (exact) mass is 353 g/mol. The van der Waals surface area contributed by atoms with Crippen molar-refractivity contribution in [1.29, 1.82) is 0 Å². The molecule has 2 amide bonds. The number of aromatic nitrogens is 1. The number of benzene rings is 1. The van der Waals surface area contributed by atoms with E-state index < -0.39 is 0 Å². The third-order valence-corrected chi connectivity index (χ3v) is 6.26. The highest BCUT2D eigenvalue weighted by Gasteiger charge is 2.39. The molecule has 0 radical (unpaired) electrons. The number of nitrogens with zero attached hydrogens (tertiary/aromatic N) is 2. The van der Waals surface area contributed by atoms with Crippen LogP contribution in [0.1, 0.15) is 46.9 Å². The highest BCUT2D eigenvalue weighted by atomic mass is 16.2.